The number of hydrogen-bond acceptors (Lipinski definition) is 4. The average molecular weight is 343 g/mol. The molecule has 2 heterocycles. The van der Waals surface area contributed by atoms with Gasteiger partial charge in [0.25, 0.3) is 5.91 Å². The molecule has 3 rings (SSSR count). The van der Waals surface area contributed by atoms with Gasteiger partial charge in [0.15, 0.2) is 5.76 Å². The van der Waals surface area contributed by atoms with E-state index in [1.807, 2.05) is 50.2 Å². The van der Waals surface area contributed by atoms with Crippen molar-refractivity contribution in [3.8, 4) is 0 Å². The molecule has 1 atom stereocenters. The number of furan rings is 1. The third-order valence-electron chi connectivity index (χ3n) is 5.07. The molecule has 0 spiro atoms. The van der Waals surface area contributed by atoms with Gasteiger partial charge in [-0.15, -0.1) is 0 Å². The Morgan fingerprint density at radius 1 is 1.24 bits per heavy atom. The molecule has 1 aliphatic rings. The lowest BCUT2D eigenvalue weighted by atomic mass is 9.72. The highest BCUT2D eigenvalue weighted by atomic mass is 16.5. The number of benzene rings is 1. The van der Waals surface area contributed by atoms with E-state index >= 15 is 0 Å². The Labute approximate surface area is 148 Å². The normalized spacial score (nSPS) is 17.9. The summed E-state index contributed by atoms with van der Waals surface area (Å²) < 4.78 is 11.0. The standard InChI is InChI=1S/C20H25NO4/c1-14-12-15(2)25-17(14)19(23)21-18(16-6-4-3-5-7-16)20(13-22)8-10-24-11-9-20/h3-7,12,18,22H,8-11,13H2,1-2H3,(H,21,23). The van der Waals surface area contributed by atoms with E-state index < -0.39 is 5.41 Å². The Balaban J connectivity index is 1.94. The number of rotatable bonds is 5. The Kier molecular flexibility index (Phi) is 5.25. The van der Waals surface area contributed by atoms with Crippen LogP contribution in [-0.4, -0.2) is 30.8 Å². The third-order valence-corrected chi connectivity index (χ3v) is 5.07. The van der Waals surface area contributed by atoms with E-state index in [1.165, 1.54) is 0 Å². The number of carbonyl (C=O) groups is 1. The maximum Gasteiger partial charge on any atom is 0.287 e. The van der Waals surface area contributed by atoms with Gasteiger partial charge in [0, 0.05) is 24.2 Å². The van der Waals surface area contributed by atoms with Crippen molar-refractivity contribution in [2.24, 2.45) is 5.41 Å². The molecule has 1 fully saturated rings. The van der Waals surface area contributed by atoms with E-state index in [0.29, 0.717) is 37.6 Å². The second-order valence-electron chi connectivity index (χ2n) is 6.82. The first-order valence-corrected chi connectivity index (χ1v) is 8.67. The quantitative estimate of drug-likeness (QED) is 0.875. The zero-order chi connectivity index (χ0) is 17.9. The predicted octanol–water partition coefficient (Wildman–Crippen LogP) is 3.16. The number of ether oxygens (including phenoxy) is 1. The summed E-state index contributed by atoms with van der Waals surface area (Å²) >= 11 is 0. The van der Waals surface area contributed by atoms with Crippen LogP contribution in [0.3, 0.4) is 0 Å². The molecule has 1 aromatic carbocycles. The lowest BCUT2D eigenvalue weighted by molar-refractivity contribution is -0.0370. The molecule has 0 aliphatic carbocycles. The van der Waals surface area contributed by atoms with Crippen LogP contribution >= 0.6 is 0 Å². The van der Waals surface area contributed by atoms with Crippen molar-refractivity contribution < 1.29 is 19.1 Å². The monoisotopic (exact) mass is 343 g/mol. The van der Waals surface area contributed by atoms with Crippen molar-refractivity contribution in [1.82, 2.24) is 5.32 Å². The van der Waals surface area contributed by atoms with Gasteiger partial charge < -0.3 is 19.6 Å². The third kappa shape index (κ3) is 3.62. The van der Waals surface area contributed by atoms with Gasteiger partial charge >= 0.3 is 0 Å². The van der Waals surface area contributed by atoms with Crippen LogP contribution in [0, 0.1) is 19.3 Å². The van der Waals surface area contributed by atoms with Crippen LogP contribution < -0.4 is 5.32 Å². The maximum absolute atomic E-state index is 12.8. The Hall–Kier alpha value is -2.11. The molecule has 1 saturated heterocycles. The summed E-state index contributed by atoms with van der Waals surface area (Å²) in [5.41, 5.74) is 1.35. The minimum atomic E-state index is -0.440. The maximum atomic E-state index is 12.8. The lowest BCUT2D eigenvalue weighted by Crippen LogP contribution is -2.46. The van der Waals surface area contributed by atoms with Crippen molar-refractivity contribution in [3.63, 3.8) is 0 Å². The van der Waals surface area contributed by atoms with E-state index in [0.717, 1.165) is 11.1 Å². The Bertz CT molecular complexity index is 717. The van der Waals surface area contributed by atoms with E-state index in [-0.39, 0.29) is 18.6 Å². The summed E-state index contributed by atoms with van der Waals surface area (Å²) in [6, 6.07) is 11.3. The predicted molar refractivity (Wildman–Crippen MR) is 94.4 cm³/mol. The largest absolute Gasteiger partial charge is 0.456 e. The number of amides is 1. The first kappa shape index (κ1) is 17.7. The zero-order valence-corrected chi connectivity index (χ0v) is 14.7. The van der Waals surface area contributed by atoms with E-state index in [1.54, 1.807) is 0 Å². The van der Waals surface area contributed by atoms with Crippen LogP contribution in [-0.2, 0) is 4.74 Å². The minimum absolute atomic E-state index is 0.00757. The fourth-order valence-corrected chi connectivity index (χ4v) is 3.61. The van der Waals surface area contributed by atoms with Crippen LogP contribution in [0.1, 0.15) is 46.3 Å². The molecule has 1 amide bonds. The van der Waals surface area contributed by atoms with Crippen molar-refractivity contribution in [2.75, 3.05) is 19.8 Å². The number of hydrogen-bond donors (Lipinski definition) is 2. The molecular weight excluding hydrogens is 318 g/mol. The van der Waals surface area contributed by atoms with Gasteiger partial charge in [0.2, 0.25) is 0 Å². The lowest BCUT2D eigenvalue weighted by Gasteiger charge is -2.42. The molecule has 0 radical (unpaired) electrons. The van der Waals surface area contributed by atoms with E-state index in [9.17, 15) is 9.90 Å². The number of nitrogens with one attached hydrogen (secondary N) is 1. The number of aliphatic hydroxyl groups excluding tert-OH is 1. The average Bonchev–Trinajstić information content (AvgIpc) is 2.99. The van der Waals surface area contributed by atoms with Crippen molar-refractivity contribution in [1.29, 1.82) is 0 Å². The van der Waals surface area contributed by atoms with Crippen LogP contribution in [0.15, 0.2) is 40.8 Å². The molecule has 0 saturated carbocycles. The van der Waals surface area contributed by atoms with E-state index in [2.05, 4.69) is 5.32 Å². The zero-order valence-electron chi connectivity index (χ0n) is 14.7. The topological polar surface area (TPSA) is 71.7 Å². The summed E-state index contributed by atoms with van der Waals surface area (Å²) in [6.07, 6.45) is 1.39. The van der Waals surface area contributed by atoms with Crippen LogP contribution in [0.2, 0.25) is 0 Å². The van der Waals surface area contributed by atoms with Gasteiger partial charge in [0.05, 0.1) is 12.6 Å². The van der Waals surface area contributed by atoms with Gasteiger partial charge in [0.1, 0.15) is 5.76 Å². The smallest absolute Gasteiger partial charge is 0.287 e. The van der Waals surface area contributed by atoms with Crippen molar-refractivity contribution >= 4 is 5.91 Å². The minimum Gasteiger partial charge on any atom is -0.456 e. The number of aryl methyl sites for hydroxylation is 2. The summed E-state index contributed by atoms with van der Waals surface area (Å²) in [5, 5.41) is 13.3. The van der Waals surface area contributed by atoms with Crippen LogP contribution in [0.25, 0.3) is 0 Å². The van der Waals surface area contributed by atoms with E-state index in [4.69, 9.17) is 9.15 Å². The molecule has 5 heteroatoms. The summed E-state index contributed by atoms with van der Waals surface area (Å²) in [6.45, 7) is 4.84. The number of aliphatic hydroxyl groups is 1. The molecule has 2 N–H and O–H groups in total. The molecular formula is C20H25NO4. The Morgan fingerprint density at radius 3 is 2.48 bits per heavy atom. The van der Waals surface area contributed by atoms with Crippen LogP contribution in [0.5, 0.6) is 0 Å². The highest BCUT2D eigenvalue weighted by Gasteiger charge is 2.42. The van der Waals surface area contributed by atoms with Crippen molar-refractivity contribution in [3.05, 3.63) is 59.0 Å². The van der Waals surface area contributed by atoms with Gasteiger partial charge in [-0.25, -0.2) is 0 Å². The van der Waals surface area contributed by atoms with Crippen molar-refractivity contribution in [2.45, 2.75) is 32.7 Å². The molecule has 2 aromatic rings. The molecule has 5 nitrogen and oxygen atoms in total. The van der Waals surface area contributed by atoms with Crippen LogP contribution in [0.4, 0.5) is 0 Å². The summed E-state index contributed by atoms with van der Waals surface area (Å²) in [4.78, 5) is 12.8. The first-order chi connectivity index (χ1) is 12.1. The van der Waals surface area contributed by atoms with Gasteiger partial charge in [-0.1, -0.05) is 30.3 Å². The fourth-order valence-electron chi connectivity index (χ4n) is 3.61. The second-order valence-corrected chi connectivity index (χ2v) is 6.82. The Morgan fingerprint density at radius 2 is 1.92 bits per heavy atom. The molecule has 1 aromatic heterocycles. The molecule has 1 unspecified atom stereocenters. The van der Waals surface area contributed by atoms with Gasteiger partial charge in [-0.05, 0) is 38.3 Å². The molecule has 1 aliphatic heterocycles. The first-order valence-electron chi connectivity index (χ1n) is 8.67. The second kappa shape index (κ2) is 7.42. The summed E-state index contributed by atoms with van der Waals surface area (Å²) in [7, 11) is 0. The molecule has 25 heavy (non-hydrogen) atoms. The SMILES string of the molecule is Cc1cc(C)c(C(=O)NC(c2ccccc2)C2(CO)CCOCC2)o1. The highest BCUT2D eigenvalue weighted by molar-refractivity contribution is 5.93. The fraction of sp³-hybridized carbons (Fsp3) is 0.450. The number of carbonyl (C=O) groups excluding carboxylic acids is 1. The van der Waals surface area contributed by atoms with Gasteiger partial charge in [-0.2, -0.15) is 0 Å². The molecule has 0 bridgehead atoms. The highest BCUT2D eigenvalue weighted by Crippen LogP contribution is 2.42. The summed E-state index contributed by atoms with van der Waals surface area (Å²) in [5.74, 6) is 0.791. The van der Waals surface area contributed by atoms with Gasteiger partial charge in [-0.3, -0.25) is 4.79 Å². The molecule has 134 valence electrons.